The Balaban J connectivity index is 1.45. The maximum atomic E-state index is 13.0. The third-order valence-electron chi connectivity index (χ3n) is 5.47. The molecule has 1 N–H and O–H groups in total. The molecule has 2 amide bonds. The summed E-state index contributed by atoms with van der Waals surface area (Å²) in [5.74, 6) is 0.288. The number of piperidine rings is 1. The summed E-state index contributed by atoms with van der Waals surface area (Å²) in [6.45, 7) is 2.51. The maximum absolute atomic E-state index is 13.0. The fraction of sp³-hybridized carbons (Fsp3) is 0.318. The average Bonchev–Trinajstić information content (AvgIpc) is 2.78. The number of hydrogen-bond acceptors (Lipinski definition) is 5. The highest BCUT2D eigenvalue weighted by Crippen LogP contribution is 2.19. The topological polar surface area (TPSA) is 97.2 Å². The number of para-hydroxylation sites is 1. The molecule has 0 saturated carbocycles. The summed E-state index contributed by atoms with van der Waals surface area (Å²) < 4.78 is 2.23. The van der Waals surface area contributed by atoms with Gasteiger partial charge in [0, 0.05) is 23.8 Å². The Hall–Kier alpha value is -3.07. The first kappa shape index (κ1) is 21.2. The zero-order chi connectivity index (χ0) is 22.0. The van der Waals surface area contributed by atoms with Crippen LogP contribution in [0.4, 0.5) is 5.82 Å². The van der Waals surface area contributed by atoms with Crippen LogP contribution >= 0.6 is 15.9 Å². The van der Waals surface area contributed by atoms with Gasteiger partial charge >= 0.3 is 0 Å². The second-order valence-electron chi connectivity index (χ2n) is 7.60. The van der Waals surface area contributed by atoms with Crippen molar-refractivity contribution in [2.24, 2.45) is 5.92 Å². The van der Waals surface area contributed by atoms with Crippen LogP contribution in [0.1, 0.15) is 18.7 Å². The van der Waals surface area contributed by atoms with E-state index in [1.54, 1.807) is 48.4 Å². The number of carbonyl (C=O) groups excluding carboxylic acids is 2. The lowest BCUT2D eigenvalue weighted by Crippen LogP contribution is -2.46. The highest BCUT2D eigenvalue weighted by Gasteiger charge is 2.29. The van der Waals surface area contributed by atoms with Crippen LogP contribution in [0.15, 0.2) is 51.9 Å². The van der Waals surface area contributed by atoms with Crippen LogP contribution in [-0.2, 0) is 16.1 Å². The first-order chi connectivity index (χ1) is 14.9. The summed E-state index contributed by atoms with van der Waals surface area (Å²) in [5.41, 5.74) is 0.383. The second-order valence-corrected chi connectivity index (χ2v) is 8.51. The first-order valence-electron chi connectivity index (χ1n) is 10.1. The highest BCUT2D eigenvalue weighted by atomic mass is 79.9. The van der Waals surface area contributed by atoms with E-state index in [0.717, 1.165) is 10.9 Å². The Morgan fingerprint density at radius 2 is 2.03 bits per heavy atom. The Morgan fingerprint density at radius 1 is 1.23 bits per heavy atom. The van der Waals surface area contributed by atoms with Crippen LogP contribution in [0, 0.1) is 12.8 Å². The summed E-state index contributed by atoms with van der Waals surface area (Å²) >= 11 is 3.31. The molecule has 1 saturated heterocycles. The lowest BCUT2D eigenvalue weighted by atomic mass is 9.97. The number of likely N-dealkylation sites (tertiary alicyclic amines) is 1. The first-order valence-corrected chi connectivity index (χ1v) is 10.9. The van der Waals surface area contributed by atoms with Gasteiger partial charge in [-0.3, -0.25) is 19.0 Å². The number of aryl methyl sites for hydroxylation is 1. The van der Waals surface area contributed by atoms with E-state index in [1.165, 1.54) is 4.57 Å². The zero-order valence-corrected chi connectivity index (χ0v) is 18.6. The van der Waals surface area contributed by atoms with Crippen molar-refractivity contribution in [3.63, 3.8) is 0 Å². The predicted molar refractivity (Wildman–Crippen MR) is 121 cm³/mol. The van der Waals surface area contributed by atoms with Crippen LogP contribution in [0.3, 0.4) is 0 Å². The van der Waals surface area contributed by atoms with Gasteiger partial charge in [0.25, 0.3) is 5.56 Å². The standard InChI is InChI=1S/C22H22BrN5O3/c1-14-25-18-7-3-2-6-17(18)22(31)28(14)13-20(29)27-10-4-5-15(12-27)21(30)26-19-9-8-16(23)11-24-19/h2-3,6-9,11,15H,4-5,10,12-13H2,1H3,(H,24,26,30). The molecule has 1 fully saturated rings. The molecule has 8 nitrogen and oxygen atoms in total. The van der Waals surface area contributed by atoms with E-state index < -0.39 is 0 Å². The molecule has 1 aliphatic heterocycles. The number of hydrogen-bond donors (Lipinski definition) is 1. The number of anilines is 1. The van der Waals surface area contributed by atoms with Crippen molar-refractivity contribution < 1.29 is 9.59 Å². The minimum Gasteiger partial charge on any atom is -0.340 e. The summed E-state index contributed by atoms with van der Waals surface area (Å²) in [5, 5.41) is 3.30. The highest BCUT2D eigenvalue weighted by molar-refractivity contribution is 9.10. The normalized spacial score (nSPS) is 16.3. The van der Waals surface area contributed by atoms with Crippen molar-refractivity contribution in [2.75, 3.05) is 18.4 Å². The van der Waals surface area contributed by atoms with Crippen molar-refractivity contribution in [3.8, 4) is 0 Å². The number of amides is 2. The van der Waals surface area contributed by atoms with E-state index in [-0.39, 0.29) is 29.8 Å². The number of halogens is 1. The molecule has 1 aromatic carbocycles. The number of nitrogens with one attached hydrogen (secondary N) is 1. The minimum atomic E-state index is -0.323. The third-order valence-corrected chi connectivity index (χ3v) is 5.94. The Bertz CT molecular complexity index is 1190. The zero-order valence-electron chi connectivity index (χ0n) is 17.0. The van der Waals surface area contributed by atoms with E-state index in [1.807, 2.05) is 6.07 Å². The van der Waals surface area contributed by atoms with E-state index >= 15 is 0 Å². The number of rotatable bonds is 4. The molecular formula is C22H22BrN5O3. The molecule has 2 aromatic heterocycles. The van der Waals surface area contributed by atoms with Gasteiger partial charge in [-0.25, -0.2) is 9.97 Å². The molecule has 0 aliphatic carbocycles. The third kappa shape index (κ3) is 4.66. The molecule has 3 aromatic rings. The summed E-state index contributed by atoms with van der Waals surface area (Å²) in [7, 11) is 0. The SMILES string of the molecule is Cc1nc2ccccc2c(=O)n1CC(=O)N1CCCC(C(=O)Nc2ccc(Br)cn2)C1. The van der Waals surface area contributed by atoms with Gasteiger partial charge in [-0.2, -0.15) is 0 Å². The van der Waals surface area contributed by atoms with Crippen LogP contribution in [0.5, 0.6) is 0 Å². The van der Waals surface area contributed by atoms with E-state index in [2.05, 4.69) is 31.2 Å². The summed E-state index contributed by atoms with van der Waals surface area (Å²) in [6, 6.07) is 10.6. The number of carbonyl (C=O) groups is 2. The molecule has 0 spiro atoms. The number of fused-ring (bicyclic) bond motifs is 1. The molecule has 9 heteroatoms. The summed E-state index contributed by atoms with van der Waals surface area (Å²) in [4.78, 5) is 48.7. The van der Waals surface area contributed by atoms with Crippen molar-refractivity contribution >= 4 is 44.5 Å². The number of benzene rings is 1. The van der Waals surface area contributed by atoms with Gasteiger partial charge in [-0.05, 0) is 60.0 Å². The van der Waals surface area contributed by atoms with Gasteiger partial charge in [0.05, 0.1) is 16.8 Å². The molecule has 160 valence electrons. The van der Waals surface area contributed by atoms with Crippen LogP contribution in [0.2, 0.25) is 0 Å². The lowest BCUT2D eigenvalue weighted by Gasteiger charge is -2.32. The quantitative estimate of drug-likeness (QED) is 0.615. The Morgan fingerprint density at radius 3 is 2.81 bits per heavy atom. The summed E-state index contributed by atoms with van der Waals surface area (Å²) in [6.07, 6.45) is 3.04. The van der Waals surface area contributed by atoms with Gasteiger partial charge in [0.15, 0.2) is 0 Å². The maximum Gasteiger partial charge on any atom is 0.261 e. The fourth-order valence-electron chi connectivity index (χ4n) is 3.80. The van der Waals surface area contributed by atoms with Crippen LogP contribution < -0.4 is 10.9 Å². The van der Waals surface area contributed by atoms with Gasteiger partial charge < -0.3 is 10.2 Å². The van der Waals surface area contributed by atoms with Crippen molar-refractivity contribution in [1.82, 2.24) is 19.4 Å². The molecular weight excluding hydrogens is 462 g/mol. The van der Waals surface area contributed by atoms with Crippen molar-refractivity contribution in [1.29, 1.82) is 0 Å². The van der Waals surface area contributed by atoms with Crippen LogP contribution in [0.25, 0.3) is 10.9 Å². The second kappa shape index (κ2) is 8.97. The lowest BCUT2D eigenvalue weighted by molar-refractivity contribution is -0.135. The van der Waals surface area contributed by atoms with E-state index in [0.29, 0.717) is 42.1 Å². The smallest absolute Gasteiger partial charge is 0.261 e. The monoisotopic (exact) mass is 483 g/mol. The molecule has 0 bridgehead atoms. The molecule has 31 heavy (non-hydrogen) atoms. The van der Waals surface area contributed by atoms with Gasteiger partial charge in [-0.1, -0.05) is 12.1 Å². The molecule has 4 rings (SSSR count). The average molecular weight is 484 g/mol. The largest absolute Gasteiger partial charge is 0.340 e. The Kier molecular flexibility index (Phi) is 6.13. The van der Waals surface area contributed by atoms with Crippen molar-refractivity contribution in [2.45, 2.75) is 26.3 Å². The Labute approximate surface area is 187 Å². The number of pyridine rings is 1. The molecule has 0 radical (unpaired) electrons. The van der Waals surface area contributed by atoms with Crippen LogP contribution in [-0.4, -0.2) is 44.3 Å². The molecule has 3 heterocycles. The number of aromatic nitrogens is 3. The molecule has 1 atom stereocenters. The van der Waals surface area contributed by atoms with Gasteiger partial charge in [0.1, 0.15) is 18.2 Å². The van der Waals surface area contributed by atoms with Gasteiger partial charge in [-0.15, -0.1) is 0 Å². The predicted octanol–water partition coefficient (Wildman–Crippen LogP) is 2.74. The van der Waals surface area contributed by atoms with E-state index in [4.69, 9.17) is 0 Å². The minimum absolute atomic E-state index is 0.0922. The number of nitrogens with zero attached hydrogens (tertiary/aromatic N) is 4. The fourth-order valence-corrected chi connectivity index (χ4v) is 4.03. The van der Waals surface area contributed by atoms with Gasteiger partial charge in [0.2, 0.25) is 11.8 Å². The van der Waals surface area contributed by atoms with Crippen molar-refractivity contribution in [3.05, 3.63) is 63.2 Å². The molecule has 1 aliphatic rings. The van der Waals surface area contributed by atoms with E-state index in [9.17, 15) is 14.4 Å². The molecule has 1 unspecified atom stereocenters.